The summed E-state index contributed by atoms with van der Waals surface area (Å²) in [5.74, 6) is 1.84. The molecule has 0 bridgehead atoms. The summed E-state index contributed by atoms with van der Waals surface area (Å²) in [5, 5.41) is 3.45. The van der Waals surface area contributed by atoms with E-state index in [1.807, 2.05) is 18.0 Å². The fourth-order valence-corrected chi connectivity index (χ4v) is 3.02. The standard InChI is InChI=1S/C16H29N3S/c1-6-15(12-20-5)19(4)16-7-8-18-14(9-16)11-17-10-13(2)3/h7-9,13,15,17H,6,10-12H2,1-5H3. The Bertz CT molecular complexity index is 382. The molecule has 114 valence electrons. The molecule has 0 spiro atoms. The Balaban J connectivity index is 2.66. The molecule has 4 heteroatoms. The van der Waals surface area contributed by atoms with Crippen LogP contribution in [0, 0.1) is 5.92 Å². The Hall–Kier alpha value is -0.740. The number of hydrogen-bond acceptors (Lipinski definition) is 4. The van der Waals surface area contributed by atoms with Crippen molar-refractivity contribution in [3.05, 3.63) is 24.0 Å². The third-order valence-corrected chi connectivity index (χ3v) is 4.16. The maximum atomic E-state index is 4.46. The molecule has 0 aliphatic rings. The topological polar surface area (TPSA) is 28.2 Å². The molecule has 0 fully saturated rings. The van der Waals surface area contributed by atoms with Gasteiger partial charge in [0.2, 0.25) is 0 Å². The van der Waals surface area contributed by atoms with Gasteiger partial charge in [0.25, 0.3) is 0 Å². The summed E-state index contributed by atoms with van der Waals surface area (Å²) in [7, 11) is 2.19. The summed E-state index contributed by atoms with van der Waals surface area (Å²) in [5.41, 5.74) is 2.39. The van der Waals surface area contributed by atoms with E-state index in [2.05, 4.69) is 61.4 Å². The Kier molecular flexibility index (Phi) is 8.00. The van der Waals surface area contributed by atoms with Crippen LogP contribution in [-0.4, -0.2) is 36.6 Å². The van der Waals surface area contributed by atoms with Gasteiger partial charge in [-0.05, 0) is 37.3 Å². The van der Waals surface area contributed by atoms with Gasteiger partial charge in [0.05, 0.1) is 5.69 Å². The molecule has 1 N–H and O–H groups in total. The molecule has 1 aromatic heterocycles. The van der Waals surface area contributed by atoms with Gasteiger partial charge >= 0.3 is 0 Å². The summed E-state index contributed by atoms with van der Waals surface area (Å²) in [4.78, 5) is 6.83. The lowest BCUT2D eigenvalue weighted by Crippen LogP contribution is -2.33. The van der Waals surface area contributed by atoms with E-state index in [9.17, 15) is 0 Å². The van der Waals surface area contributed by atoms with Crippen LogP contribution >= 0.6 is 11.8 Å². The van der Waals surface area contributed by atoms with Gasteiger partial charge in [-0.15, -0.1) is 0 Å². The molecule has 0 aliphatic heterocycles. The normalized spacial score (nSPS) is 12.7. The van der Waals surface area contributed by atoms with E-state index in [1.54, 1.807) is 0 Å². The molecule has 3 nitrogen and oxygen atoms in total. The molecule has 1 atom stereocenters. The second kappa shape index (κ2) is 9.24. The highest BCUT2D eigenvalue weighted by molar-refractivity contribution is 7.98. The largest absolute Gasteiger partial charge is 0.371 e. The summed E-state index contributed by atoms with van der Waals surface area (Å²) in [6.07, 6.45) is 5.26. The summed E-state index contributed by atoms with van der Waals surface area (Å²) >= 11 is 1.91. The zero-order valence-corrected chi connectivity index (χ0v) is 14.3. The van der Waals surface area contributed by atoms with E-state index in [0.717, 1.165) is 24.5 Å². The molecule has 0 radical (unpaired) electrons. The third kappa shape index (κ3) is 5.71. The minimum Gasteiger partial charge on any atom is -0.371 e. The molecule has 20 heavy (non-hydrogen) atoms. The highest BCUT2D eigenvalue weighted by Crippen LogP contribution is 2.19. The minimum absolute atomic E-state index is 0.587. The van der Waals surface area contributed by atoms with E-state index >= 15 is 0 Å². The van der Waals surface area contributed by atoms with Crippen molar-refractivity contribution < 1.29 is 0 Å². The van der Waals surface area contributed by atoms with Gasteiger partial charge in [-0.25, -0.2) is 0 Å². The lowest BCUT2D eigenvalue weighted by atomic mass is 10.2. The number of nitrogens with one attached hydrogen (secondary N) is 1. The molecule has 1 heterocycles. The molecule has 1 aromatic rings. The molecule has 1 unspecified atom stereocenters. The molecule has 0 aromatic carbocycles. The van der Waals surface area contributed by atoms with Crippen LogP contribution < -0.4 is 10.2 Å². The average Bonchev–Trinajstić information content (AvgIpc) is 2.44. The maximum absolute atomic E-state index is 4.46. The van der Waals surface area contributed by atoms with Crippen molar-refractivity contribution >= 4 is 17.4 Å². The number of rotatable bonds is 9. The van der Waals surface area contributed by atoms with Crippen molar-refractivity contribution in [2.75, 3.05) is 30.5 Å². The van der Waals surface area contributed by atoms with Gasteiger partial charge in [0.1, 0.15) is 0 Å². The fourth-order valence-electron chi connectivity index (χ4n) is 2.18. The Labute approximate surface area is 128 Å². The van der Waals surface area contributed by atoms with Crippen LogP contribution in [0.3, 0.4) is 0 Å². The SMILES string of the molecule is CCC(CSC)N(C)c1ccnc(CNCC(C)C)c1. The van der Waals surface area contributed by atoms with Crippen molar-refractivity contribution in [3.63, 3.8) is 0 Å². The van der Waals surface area contributed by atoms with Crippen LogP contribution in [0.15, 0.2) is 18.3 Å². The second-order valence-electron chi connectivity index (χ2n) is 5.66. The Morgan fingerprint density at radius 3 is 2.75 bits per heavy atom. The first-order valence-electron chi connectivity index (χ1n) is 7.45. The fraction of sp³-hybridized carbons (Fsp3) is 0.688. The third-order valence-electron chi connectivity index (χ3n) is 3.44. The average molecular weight is 295 g/mol. The zero-order valence-electron chi connectivity index (χ0n) is 13.5. The molecular formula is C16H29N3S. The number of thioether (sulfide) groups is 1. The smallest absolute Gasteiger partial charge is 0.0562 e. The van der Waals surface area contributed by atoms with Gasteiger partial charge in [0.15, 0.2) is 0 Å². The number of pyridine rings is 1. The first kappa shape index (κ1) is 17.3. The Morgan fingerprint density at radius 2 is 2.15 bits per heavy atom. The first-order chi connectivity index (χ1) is 9.58. The first-order valence-corrected chi connectivity index (χ1v) is 8.85. The highest BCUT2D eigenvalue weighted by atomic mass is 32.2. The number of anilines is 1. The summed E-state index contributed by atoms with van der Waals surface area (Å²) in [6, 6.07) is 4.90. The van der Waals surface area contributed by atoms with Crippen LogP contribution in [0.25, 0.3) is 0 Å². The minimum atomic E-state index is 0.587. The lowest BCUT2D eigenvalue weighted by molar-refractivity contribution is 0.548. The predicted octanol–water partition coefficient (Wildman–Crippen LogP) is 3.41. The van der Waals surface area contributed by atoms with Crippen LogP contribution in [0.2, 0.25) is 0 Å². The van der Waals surface area contributed by atoms with Crippen molar-refractivity contribution in [1.29, 1.82) is 0 Å². The molecular weight excluding hydrogens is 266 g/mol. The molecule has 0 amide bonds. The van der Waals surface area contributed by atoms with Crippen molar-refractivity contribution in [1.82, 2.24) is 10.3 Å². The lowest BCUT2D eigenvalue weighted by Gasteiger charge is -2.29. The molecule has 0 aliphatic carbocycles. The van der Waals surface area contributed by atoms with Gasteiger partial charge in [-0.2, -0.15) is 11.8 Å². The quantitative estimate of drug-likeness (QED) is 0.756. The summed E-state index contributed by atoms with van der Waals surface area (Å²) in [6.45, 7) is 8.58. The van der Waals surface area contributed by atoms with E-state index in [-0.39, 0.29) is 0 Å². The van der Waals surface area contributed by atoms with E-state index in [0.29, 0.717) is 12.0 Å². The predicted molar refractivity (Wildman–Crippen MR) is 91.6 cm³/mol. The van der Waals surface area contributed by atoms with Crippen molar-refractivity contribution in [2.45, 2.75) is 39.8 Å². The van der Waals surface area contributed by atoms with E-state index in [1.165, 1.54) is 12.1 Å². The second-order valence-corrected chi connectivity index (χ2v) is 6.57. The van der Waals surface area contributed by atoms with Crippen LogP contribution in [-0.2, 0) is 6.54 Å². The van der Waals surface area contributed by atoms with Gasteiger partial charge < -0.3 is 10.2 Å². The molecule has 0 saturated carbocycles. The molecule has 0 saturated heterocycles. The van der Waals surface area contributed by atoms with Gasteiger partial charge in [0, 0.05) is 37.3 Å². The van der Waals surface area contributed by atoms with Gasteiger partial charge in [-0.1, -0.05) is 20.8 Å². The zero-order chi connectivity index (χ0) is 15.0. The highest BCUT2D eigenvalue weighted by Gasteiger charge is 2.13. The van der Waals surface area contributed by atoms with Crippen LogP contribution in [0.4, 0.5) is 5.69 Å². The number of aromatic nitrogens is 1. The number of hydrogen-bond donors (Lipinski definition) is 1. The van der Waals surface area contributed by atoms with E-state index in [4.69, 9.17) is 0 Å². The van der Waals surface area contributed by atoms with Crippen LogP contribution in [0.5, 0.6) is 0 Å². The molecule has 1 rings (SSSR count). The summed E-state index contributed by atoms with van der Waals surface area (Å²) < 4.78 is 0. The van der Waals surface area contributed by atoms with Crippen LogP contribution in [0.1, 0.15) is 32.9 Å². The Morgan fingerprint density at radius 1 is 1.40 bits per heavy atom. The monoisotopic (exact) mass is 295 g/mol. The number of nitrogens with zero attached hydrogens (tertiary/aromatic N) is 2. The van der Waals surface area contributed by atoms with Gasteiger partial charge in [-0.3, -0.25) is 4.98 Å². The maximum Gasteiger partial charge on any atom is 0.0562 e. The van der Waals surface area contributed by atoms with Crippen molar-refractivity contribution in [3.8, 4) is 0 Å². The van der Waals surface area contributed by atoms with E-state index < -0.39 is 0 Å². The van der Waals surface area contributed by atoms with Crippen molar-refractivity contribution in [2.24, 2.45) is 5.92 Å².